The Morgan fingerprint density at radius 3 is 2.68 bits per heavy atom. The van der Waals surface area contributed by atoms with E-state index in [9.17, 15) is 0 Å². The zero-order chi connectivity index (χ0) is 25.1. The minimum absolute atomic E-state index is 0.0887. The van der Waals surface area contributed by atoms with E-state index in [-0.39, 0.29) is 11.5 Å². The number of hydrogen-bond acceptors (Lipinski definition) is 7. The molecule has 0 unspecified atom stereocenters. The van der Waals surface area contributed by atoms with Gasteiger partial charge in [0.2, 0.25) is 5.95 Å². The van der Waals surface area contributed by atoms with Crippen LogP contribution in [0.2, 0.25) is 5.02 Å². The number of anilines is 2. The lowest BCUT2D eigenvalue weighted by molar-refractivity contribution is 0.187. The number of hydrogen-bond donors (Lipinski definition) is 2. The SMILES string of the molecule is Nc1nc(N2CCC3(CC2)Cc2ccccc2[C@H]3N)n2ccnc2c1Sc1ccnc(CC2CC2)c1Cl. The molecule has 3 aromatic heterocycles. The van der Waals surface area contributed by atoms with Crippen LogP contribution in [0.3, 0.4) is 0 Å². The molecule has 2 aliphatic carbocycles. The molecule has 0 radical (unpaired) electrons. The number of nitrogens with two attached hydrogens (primary N) is 2. The predicted molar refractivity (Wildman–Crippen MR) is 148 cm³/mol. The Bertz CT molecular complexity index is 1490. The van der Waals surface area contributed by atoms with Gasteiger partial charge in [0.15, 0.2) is 5.65 Å². The van der Waals surface area contributed by atoms with Gasteiger partial charge in [0, 0.05) is 42.6 Å². The number of piperidine rings is 1. The molecule has 1 spiro atoms. The Hall–Kier alpha value is -2.81. The molecular formula is C28H30ClN7S. The summed E-state index contributed by atoms with van der Waals surface area (Å²) in [6.07, 6.45) is 12.2. The normalized spacial score (nSPS) is 20.6. The lowest BCUT2D eigenvalue weighted by Gasteiger charge is -2.42. The summed E-state index contributed by atoms with van der Waals surface area (Å²) in [5, 5.41) is 0.711. The Kier molecular flexibility index (Phi) is 5.60. The van der Waals surface area contributed by atoms with Crippen LogP contribution >= 0.6 is 23.4 Å². The second-order valence-electron chi connectivity index (χ2n) is 10.8. The van der Waals surface area contributed by atoms with Crippen molar-refractivity contribution in [1.29, 1.82) is 0 Å². The number of imidazole rings is 1. The molecule has 7 rings (SSSR count). The van der Waals surface area contributed by atoms with E-state index in [0.29, 0.717) is 16.8 Å². The van der Waals surface area contributed by atoms with Crippen molar-refractivity contribution in [3.05, 3.63) is 70.8 Å². The molecule has 1 saturated carbocycles. The van der Waals surface area contributed by atoms with E-state index in [4.69, 9.17) is 28.1 Å². The van der Waals surface area contributed by atoms with Gasteiger partial charge in [-0.25, -0.2) is 4.98 Å². The standard InChI is InChI=1S/C28H30ClN7S/c29-22-20(15-17-5-6-17)32-10-7-21(22)37-23-25(31)34-27(36-14-11-33-26(23)36)35-12-8-28(9-13-35)16-18-3-1-2-4-19(18)24(28)30/h1-4,7,10-11,14,17,24H,5-6,8-9,12-13,15-16,30-31H2/t24-/m1/s1. The van der Waals surface area contributed by atoms with E-state index in [0.717, 1.165) is 65.9 Å². The van der Waals surface area contributed by atoms with Gasteiger partial charge in [-0.15, -0.1) is 0 Å². The number of pyridine rings is 1. The first-order valence-corrected chi connectivity index (χ1v) is 14.2. The van der Waals surface area contributed by atoms with Crippen molar-refractivity contribution in [3.63, 3.8) is 0 Å². The monoisotopic (exact) mass is 531 g/mol. The highest BCUT2D eigenvalue weighted by molar-refractivity contribution is 7.99. The maximum absolute atomic E-state index is 6.80. The van der Waals surface area contributed by atoms with E-state index < -0.39 is 0 Å². The molecule has 2 fully saturated rings. The number of nitrogen functional groups attached to an aromatic ring is 1. The van der Waals surface area contributed by atoms with Gasteiger partial charge in [0.1, 0.15) is 5.82 Å². The first-order valence-electron chi connectivity index (χ1n) is 13.0. The number of nitrogens with zero attached hydrogens (tertiary/aromatic N) is 5. The number of fused-ring (bicyclic) bond motifs is 2. The highest BCUT2D eigenvalue weighted by Gasteiger charge is 2.46. The third-order valence-electron chi connectivity index (χ3n) is 8.46. The van der Waals surface area contributed by atoms with Gasteiger partial charge in [-0.05, 0) is 67.1 Å². The van der Waals surface area contributed by atoms with Crippen molar-refractivity contribution in [2.45, 2.75) is 54.4 Å². The lowest BCUT2D eigenvalue weighted by Crippen LogP contribution is -2.45. The lowest BCUT2D eigenvalue weighted by atomic mass is 9.73. The van der Waals surface area contributed by atoms with Crippen molar-refractivity contribution in [2.75, 3.05) is 23.7 Å². The van der Waals surface area contributed by atoms with Crippen molar-refractivity contribution >= 4 is 40.8 Å². The van der Waals surface area contributed by atoms with Crippen LogP contribution in [-0.2, 0) is 12.8 Å². The topological polar surface area (TPSA) is 98.4 Å². The summed E-state index contributed by atoms with van der Waals surface area (Å²) in [7, 11) is 0. The largest absolute Gasteiger partial charge is 0.383 e. The van der Waals surface area contributed by atoms with Gasteiger partial charge in [-0.1, -0.05) is 47.6 Å². The fourth-order valence-corrected chi connectivity index (χ4v) is 7.39. The fourth-order valence-electron chi connectivity index (χ4n) is 6.13. The third kappa shape index (κ3) is 3.97. The Labute approximate surface area is 225 Å². The zero-order valence-corrected chi connectivity index (χ0v) is 22.2. The maximum Gasteiger partial charge on any atom is 0.213 e. The highest BCUT2D eigenvalue weighted by atomic mass is 35.5. The summed E-state index contributed by atoms with van der Waals surface area (Å²) >= 11 is 8.30. The summed E-state index contributed by atoms with van der Waals surface area (Å²) in [4.78, 5) is 18.2. The summed E-state index contributed by atoms with van der Waals surface area (Å²) in [5.74, 6) is 2.02. The van der Waals surface area contributed by atoms with Crippen LogP contribution in [-0.4, -0.2) is 32.4 Å². The molecule has 190 valence electrons. The van der Waals surface area contributed by atoms with Crippen LogP contribution in [0, 0.1) is 11.3 Å². The quantitative estimate of drug-likeness (QED) is 0.360. The molecule has 1 aliphatic heterocycles. The van der Waals surface area contributed by atoms with Crippen LogP contribution in [0.4, 0.5) is 11.8 Å². The molecule has 7 nitrogen and oxygen atoms in total. The van der Waals surface area contributed by atoms with E-state index in [1.165, 1.54) is 35.7 Å². The molecule has 1 saturated heterocycles. The van der Waals surface area contributed by atoms with Crippen LogP contribution < -0.4 is 16.4 Å². The molecule has 0 bridgehead atoms. The molecule has 9 heteroatoms. The average Bonchev–Trinajstić information content (AvgIpc) is 3.52. The number of halogens is 1. The van der Waals surface area contributed by atoms with Gasteiger partial charge in [-0.3, -0.25) is 9.38 Å². The van der Waals surface area contributed by atoms with Gasteiger partial charge in [0.05, 0.1) is 15.6 Å². The Balaban J connectivity index is 1.15. The van der Waals surface area contributed by atoms with Gasteiger partial charge >= 0.3 is 0 Å². The minimum Gasteiger partial charge on any atom is -0.383 e. The molecule has 4 N–H and O–H groups in total. The Morgan fingerprint density at radius 1 is 1.08 bits per heavy atom. The van der Waals surface area contributed by atoms with Crippen molar-refractivity contribution in [2.24, 2.45) is 17.1 Å². The number of rotatable bonds is 5. The summed E-state index contributed by atoms with van der Waals surface area (Å²) in [6.45, 7) is 1.77. The molecule has 37 heavy (non-hydrogen) atoms. The molecule has 1 atom stereocenters. The van der Waals surface area contributed by atoms with Crippen LogP contribution in [0.25, 0.3) is 5.65 Å². The maximum atomic E-state index is 6.80. The summed E-state index contributed by atoms with van der Waals surface area (Å²) < 4.78 is 2.06. The summed E-state index contributed by atoms with van der Waals surface area (Å²) in [6, 6.07) is 10.7. The molecule has 0 amide bonds. The molecule has 3 aliphatic rings. The van der Waals surface area contributed by atoms with Crippen LogP contribution in [0.5, 0.6) is 0 Å². The van der Waals surface area contributed by atoms with Crippen molar-refractivity contribution in [1.82, 2.24) is 19.4 Å². The second-order valence-corrected chi connectivity index (χ2v) is 12.2. The first-order chi connectivity index (χ1) is 18.0. The van der Waals surface area contributed by atoms with Crippen LogP contribution in [0.15, 0.2) is 58.7 Å². The van der Waals surface area contributed by atoms with Gasteiger partial charge < -0.3 is 16.4 Å². The minimum atomic E-state index is 0.0887. The first kappa shape index (κ1) is 23.3. The van der Waals surface area contributed by atoms with Gasteiger partial charge in [0.25, 0.3) is 0 Å². The molecule has 1 aromatic carbocycles. The third-order valence-corrected chi connectivity index (χ3v) is 10.2. The smallest absolute Gasteiger partial charge is 0.213 e. The zero-order valence-electron chi connectivity index (χ0n) is 20.6. The number of benzene rings is 1. The predicted octanol–water partition coefficient (Wildman–Crippen LogP) is 5.31. The van der Waals surface area contributed by atoms with E-state index in [1.54, 1.807) is 0 Å². The number of aromatic nitrogens is 4. The summed E-state index contributed by atoms with van der Waals surface area (Å²) in [5.41, 5.74) is 18.0. The molecular weight excluding hydrogens is 502 g/mol. The van der Waals surface area contributed by atoms with Gasteiger partial charge in [-0.2, -0.15) is 4.98 Å². The Morgan fingerprint density at radius 2 is 1.89 bits per heavy atom. The highest BCUT2D eigenvalue weighted by Crippen LogP contribution is 2.51. The van der Waals surface area contributed by atoms with Crippen molar-refractivity contribution < 1.29 is 0 Å². The van der Waals surface area contributed by atoms with Crippen molar-refractivity contribution in [3.8, 4) is 0 Å². The average molecular weight is 532 g/mol. The fraction of sp³-hybridized carbons (Fsp3) is 0.393. The second kappa shape index (κ2) is 8.89. The molecule has 4 aromatic rings. The van der Waals surface area contributed by atoms with E-state index in [1.807, 2.05) is 24.7 Å². The van der Waals surface area contributed by atoms with E-state index >= 15 is 0 Å². The molecule has 4 heterocycles. The van der Waals surface area contributed by atoms with Crippen LogP contribution in [0.1, 0.15) is 48.5 Å². The van der Waals surface area contributed by atoms with E-state index in [2.05, 4.69) is 43.5 Å².